The first-order chi connectivity index (χ1) is 14.0. The number of phenolic OH excluding ortho intramolecular Hbond substituents is 1. The van der Waals surface area contributed by atoms with E-state index in [1.165, 1.54) is 22.0 Å². The number of hydrogen-bond donors (Lipinski definition) is 1. The van der Waals surface area contributed by atoms with E-state index in [-0.39, 0.29) is 5.16 Å². The number of hydrogen-bond acceptors (Lipinski definition) is 2. The summed E-state index contributed by atoms with van der Waals surface area (Å²) in [6, 6.07) is 22.9. The first-order valence-corrected chi connectivity index (χ1v) is 11.1. The van der Waals surface area contributed by atoms with Crippen LogP contribution in [0, 0.1) is 6.92 Å². The Hall–Kier alpha value is -2.44. The molecule has 0 amide bonds. The van der Waals surface area contributed by atoms with Crippen LogP contribution in [0.2, 0.25) is 0 Å². The zero-order valence-electron chi connectivity index (χ0n) is 17.7. The molecule has 0 aliphatic carbocycles. The molecule has 2 nitrogen and oxygen atoms in total. The summed E-state index contributed by atoms with van der Waals surface area (Å²) in [5, 5.41) is 12.4. The smallest absolute Gasteiger partial charge is 0.123 e. The van der Waals surface area contributed by atoms with E-state index in [2.05, 4.69) is 68.2 Å². The van der Waals surface area contributed by atoms with Crippen LogP contribution in [0.1, 0.15) is 48.1 Å². The molecule has 3 heteroatoms. The van der Waals surface area contributed by atoms with Crippen molar-refractivity contribution in [3.8, 4) is 5.75 Å². The van der Waals surface area contributed by atoms with Crippen molar-refractivity contribution in [2.75, 3.05) is 7.05 Å². The van der Waals surface area contributed by atoms with Gasteiger partial charge in [0.1, 0.15) is 5.75 Å². The summed E-state index contributed by atoms with van der Waals surface area (Å²) in [6.07, 6.45) is 3.63. The van der Waals surface area contributed by atoms with Gasteiger partial charge in [-0.05, 0) is 40.9 Å². The quantitative estimate of drug-likeness (QED) is 0.383. The zero-order chi connectivity index (χ0) is 20.9. The number of benzene rings is 3. The highest BCUT2D eigenvalue weighted by molar-refractivity contribution is 7.49. The van der Waals surface area contributed by atoms with Crippen LogP contribution < -0.4 is 5.30 Å². The van der Waals surface area contributed by atoms with E-state index in [4.69, 9.17) is 0 Å². The van der Waals surface area contributed by atoms with Gasteiger partial charge in [-0.3, -0.25) is 4.99 Å². The Bertz CT molecular complexity index is 997. The number of phenols is 1. The minimum Gasteiger partial charge on any atom is -0.507 e. The van der Waals surface area contributed by atoms with Gasteiger partial charge in [0.25, 0.3) is 0 Å². The first-order valence-electron chi connectivity index (χ1n) is 10.1. The lowest BCUT2D eigenvalue weighted by molar-refractivity contribution is 0.451. The second-order valence-electron chi connectivity index (χ2n) is 7.71. The first kappa shape index (κ1) is 21.3. The summed E-state index contributed by atoms with van der Waals surface area (Å²) < 4.78 is 0. The molecular weight excluding hydrogens is 373 g/mol. The lowest BCUT2D eigenvalue weighted by Gasteiger charge is -2.32. The SMILES string of the molecule is CCC(C)(Pc1c(C)cccc1/C=N/C)c1cccc(Cc2ccccc2)c1O. The van der Waals surface area contributed by atoms with Crippen molar-refractivity contribution < 1.29 is 5.11 Å². The normalized spacial score (nSPS) is 13.9. The van der Waals surface area contributed by atoms with Gasteiger partial charge in [-0.15, -0.1) is 0 Å². The van der Waals surface area contributed by atoms with E-state index in [0.29, 0.717) is 14.3 Å². The van der Waals surface area contributed by atoms with E-state index in [1.807, 2.05) is 37.5 Å². The maximum Gasteiger partial charge on any atom is 0.123 e. The van der Waals surface area contributed by atoms with Crippen molar-refractivity contribution in [2.24, 2.45) is 4.99 Å². The Kier molecular flexibility index (Phi) is 6.87. The lowest BCUT2D eigenvalue weighted by atomic mass is 9.92. The number of aliphatic imine (C=N–C) groups is 1. The molecule has 29 heavy (non-hydrogen) atoms. The third kappa shape index (κ3) is 4.77. The Morgan fingerprint density at radius 1 is 1.00 bits per heavy atom. The van der Waals surface area contributed by atoms with E-state index >= 15 is 0 Å². The van der Waals surface area contributed by atoms with Gasteiger partial charge in [0, 0.05) is 30.4 Å². The Labute approximate surface area is 176 Å². The molecule has 2 unspecified atom stereocenters. The molecule has 0 fully saturated rings. The molecule has 0 aromatic heterocycles. The second-order valence-corrected chi connectivity index (χ2v) is 9.57. The molecule has 0 saturated carbocycles. The summed E-state index contributed by atoms with van der Waals surface area (Å²) in [7, 11) is 2.36. The monoisotopic (exact) mass is 403 g/mol. The molecule has 0 saturated heterocycles. The molecule has 0 heterocycles. The van der Waals surface area contributed by atoms with Crippen LogP contribution in [-0.2, 0) is 11.6 Å². The summed E-state index contributed by atoms with van der Waals surface area (Å²) in [5.41, 5.74) is 5.68. The average molecular weight is 404 g/mol. The molecule has 2 atom stereocenters. The van der Waals surface area contributed by atoms with E-state index in [9.17, 15) is 5.11 Å². The minimum absolute atomic E-state index is 0.140. The van der Waals surface area contributed by atoms with Crippen LogP contribution in [0.4, 0.5) is 0 Å². The van der Waals surface area contributed by atoms with Crippen molar-refractivity contribution >= 4 is 20.1 Å². The summed E-state index contributed by atoms with van der Waals surface area (Å²) in [4.78, 5) is 4.24. The predicted molar refractivity (Wildman–Crippen MR) is 128 cm³/mol. The number of rotatable bonds is 7. The topological polar surface area (TPSA) is 32.6 Å². The molecular formula is C26H30NOP. The molecule has 0 spiro atoms. The Morgan fingerprint density at radius 2 is 1.72 bits per heavy atom. The van der Waals surface area contributed by atoms with E-state index in [0.717, 1.165) is 24.0 Å². The van der Waals surface area contributed by atoms with Gasteiger partial charge in [-0.25, -0.2) is 0 Å². The average Bonchev–Trinajstić information content (AvgIpc) is 2.73. The largest absolute Gasteiger partial charge is 0.507 e. The standard InChI is InChI=1S/C26H30NOP/c1-5-26(3,29-25-19(2)11-9-15-22(25)18-27-4)23-16-10-14-21(24(23)28)17-20-12-7-6-8-13-20/h6-16,18,28-29H,5,17H2,1-4H3/b27-18+. The van der Waals surface area contributed by atoms with Gasteiger partial charge < -0.3 is 5.11 Å². The third-order valence-corrected chi connectivity index (χ3v) is 7.74. The summed E-state index contributed by atoms with van der Waals surface area (Å²) >= 11 is 0. The van der Waals surface area contributed by atoms with Gasteiger partial charge >= 0.3 is 0 Å². The van der Waals surface area contributed by atoms with Gasteiger partial charge in [0.15, 0.2) is 0 Å². The van der Waals surface area contributed by atoms with Gasteiger partial charge in [0.2, 0.25) is 0 Å². The highest BCUT2D eigenvalue weighted by Gasteiger charge is 2.30. The summed E-state index contributed by atoms with van der Waals surface area (Å²) in [6.45, 7) is 6.64. The fourth-order valence-electron chi connectivity index (χ4n) is 3.72. The molecule has 1 N–H and O–H groups in total. The molecule has 150 valence electrons. The molecule has 3 aromatic rings. The van der Waals surface area contributed by atoms with E-state index < -0.39 is 0 Å². The van der Waals surface area contributed by atoms with Crippen LogP contribution in [-0.4, -0.2) is 18.4 Å². The van der Waals surface area contributed by atoms with Crippen molar-refractivity contribution in [3.05, 3.63) is 94.5 Å². The predicted octanol–water partition coefficient (Wildman–Crippen LogP) is 5.97. The molecule has 0 aliphatic rings. The third-order valence-electron chi connectivity index (χ3n) is 5.63. The van der Waals surface area contributed by atoms with Crippen molar-refractivity contribution in [3.63, 3.8) is 0 Å². The lowest BCUT2D eigenvalue weighted by Crippen LogP contribution is -2.22. The van der Waals surface area contributed by atoms with Gasteiger partial charge in [0.05, 0.1) is 0 Å². The molecule has 3 aromatic carbocycles. The molecule has 3 rings (SSSR count). The number of nitrogens with zero attached hydrogens (tertiary/aromatic N) is 1. The zero-order valence-corrected chi connectivity index (χ0v) is 18.7. The van der Waals surface area contributed by atoms with Crippen molar-refractivity contribution in [1.29, 1.82) is 0 Å². The highest BCUT2D eigenvalue weighted by atomic mass is 31.1. The fourth-order valence-corrected chi connectivity index (χ4v) is 5.36. The van der Waals surface area contributed by atoms with Crippen LogP contribution in [0.3, 0.4) is 0 Å². The van der Waals surface area contributed by atoms with Crippen LogP contribution >= 0.6 is 8.58 Å². The molecule has 0 radical (unpaired) electrons. The number of para-hydroxylation sites is 1. The Morgan fingerprint density at radius 3 is 2.41 bits per heavy atom. The van der Waals surface area contributed by atoms with E-state index in [1.54, 1.807) is 0 Å². The van der Waals surface area contributed by atoms with Crippen molar-refractivity contribution in [2.45, 2.75) is 38.8 Å². The van der Waals surface area contributed by atoms with Gasteiger partial charge in [-0.2, -0.15) is 0 Å². The number of aryl methyl sites for hydroxylation is 1. The van der Waals surface area contributed by atoms with Crippen LogP contribution in [0.5, 0.6) is 5.75 Å². The van der Waals surface area contributed by atoms with Crippen LogP contribution in [0.15, 0.2) is 71.7 Å². The fraction of sp³-hybridized carbons (Fsp3) is 0.269. The molecule has 0 aliphatic heterocycles. The maximum atomic E-state index is 11.2. The molecule has 0 bridgehead atoms. The Balaban J connectivity index is 2.01. The maximum absolute atomic E-state index is 11.2. The summed E-state index contributed by atoms with van der Waals surface area (Å²) in [5.74, 6) is 0.437. The second kappa shape index (κ2) is 9.37. The van der Waals surface area contributed by atoms with Gasteiger partial charge in [-0.1, -0.05) is 89.2 Å². The minimum atomic E-state index is -0.140. The van der Waals surface area contributed by atoms with Crippen LogP contribution in [0.25, 0.3) is 0 Å². The number of aromatic hydroxyl groups is 1. The van der Waals surface area contributed by atoms with Crippen molar-refractivity contribution in [1.82, 2.24) is 0 Å². The highest BCUT2D eigenvalue weighted by Crippen LogP contribution is 2.48.